The highest BCUT2D eigenvalue weighted by molar-refractivity contribution is 5.32. The van der Waals surface area contributed by atoms with Gasteiger partial charge in [-0.15, -0.1) is 0 Å². The van der Waals surface area contributed by atoms with Gasteiger partial charge in [0, 0.05) is 51.3 Å². The number of fused-ring (bicyclic) bond motifs is 1. The maximum absolute atomic E-state index is 4.65. The fourth-order valence-electron chi connectivity index (χ4n) is 4.25. The van der Waals surface area contributed by atoms with E-state index in [0.29, 0.717) is 6.04 Å². The van der Waals surface area contributed by atoms with Gasteiger partial charge in [-0.05, 0) is 17.2 Å². The van der Waals surface area contributed by atoms with Gasteiger partial charge < -0.3 is 0 Å². The molecule has 2 aromatic carbocycles. The second kappa shape index (κ2) is 8.15. The van der Waals surface area contributed by atoms with E-state index in [4.69, 9.17) is 0 Å². The molecule has 1 aliphatic heterocycles. The lowest BCUT2D eigenvalue weighted by molar-refractivity contribution is 0.104. The van der Waals surface area contributed by atoms with E-state index in [-0.39, 0.29) is 0 Å². The highest BCUT2D eigenvalue weighted by Gasteiger charge is 2.26. The van der Waals surface area contributed by atoms with Gasteiger partial charge in [0.15, 0.2) is 0 Å². The summed E-state index contributed by atoms with van der Waals surface area (Å²) in [6.07, 6.45) is 5.88. The molecule has 0 atom stereocenters. The third-order valence-electron chi connectivity index (χ3n) is 5.67. The van der Waals surface area contributed by atoms with Crippen molar-refractivity contribution >= 4 is 5.78 Å². The minimum atomic E-state index is 0.305. The Morgan fingerprint density at radius 2 is 1.45 bits per heavy atom. The van der Waals surface area contributed by atoms with Crippen molar-refractivity contribution in [2.24, 2.45) is 0 Å². The Kier molecular flexibility index (Phi) is 5.07. The first-order chi connectivity index (χ1) is 14.4. The zero-order chi connectivity index (χ0) is 19.5. The van der Waals surface area contributed by atoms with Gasteiger partial charge in [-0.2, -0.15) is 0 Å². The molecule has 0 saturated carbocycles. The summed E-state index contributed by atoms with van der Waals surface area (Å²) in [5, 5.41) is 0. The van der Waals surface area contributed by atoms with Crippen molar-refractivity contribution in [1.29, 1.82) is 0 Å². The smallest absolute Gasteiger partial charge is 0.233 e. The van der Waals surface area contributed by atoms with E-state index >= 15 is 0 Å². The van der Waals surface area contributed by atoms with Crippen LogP contribution in [0.3, 0.4) is 0 Å². The molecule has 146 valence electrons. The van der Waals surface area contributed by atoms with Crippen LogP contribution in [0.5, 0.6) is 0 Å². The van der Waals surface area contributed by atoms with Crippen molar-refractivity contribution < 1.29 is 0 Å². The molecule has 0 radical (unpaired) electrons. The predicted octanol–water partition coefficient (Wildman–Crippen LogP) is 3.64. The van der Waals surface area contributed by atoms with E-state index in [9.17, 15) is 0 Å². The average Bonchev–Trinajstić information content (AvgIpc) is 3.19. The molecule has 1 aliphatic rings. The molecule has 1 fully saturated rings. The molecule has 0 bridgehead atoms. The lowest BCUT2D eigenvalue weighted by Crippen LogP contribution is -2.47. The van der Waals surface area contributed by atoms with Gasteiger partial charge in [0.25, 0.3) is 0 Å². The number of imidazole rings is 1. The zero-order valence-electron chi connectivity index (χ0n) is 16.4. The summed E-state index contributed by atoms with van der Waals surface area (Å²) in [5.74, 6) is 0.773. The lowest BCUT2D eigenvalue weighted by Gasteiger charge is -2.39. The van der Waals surface area contributed by atoms with Gasteiger partial charge in [0.1, 0.15) is 0 Å². The van der Waals surface area contributed by atoms with E-state index in [1.165, 1.54) is 11.1 Å². The van der Waals surface area contributed by atoms with Crippen molar-refractivity contribution in [3.8, 4) is 0 Å². The van der Waals surface area contributed by atoms with Crippen LogP contribution < -0.4 is 0 Å². The third kappa shape index (κ3) is 3.92. The Balaban J connectivity index is 1.30. The Morgan fingerprint density at radius 3 is 2.07 bits per heavy atom. The number of hydrogen-bond acceptors (Lipinski definition) is 4. The number of benzene rings is 2. The molecule has 5 rings (SSSR count). The Hall–Kier alpha value is -3.02. The normalized spacial score (nSPS) is 15.9. The molecule has 0 aliphatic carbocycles. The van der Waals surface area contributed by atoms with E-state index in [0.717, 1.165) is 44.2 Å². The SMILES string of the molecule is c1ccc(C(c2ccccc2)N2CCN(Cc3cn4cccnc4n3)CC2)cc1. The molecule has 0 unspecified atom stereocenters. The van der Waals surface area contributed by atoms with Gasteiger partial charge in [-0.25, -0.2) is 9.97 Å². The molecule has 0 spiro atoms. The highest BCUT2D eigenvalue weighted by Crippen LogP contribution is 2.29. The van der Waals surface area contributed by atoms with E-state index in [2.05, 4.69) is 86.6 Å². The monoisotopic (exact) mass is 383 g/mol. The third-order valence-corrected chi connectivity index (χ3v) is 5.67. The zero-order valence-corrected chi connectivity index (χ0v) is 16.4. The van der Waals surface area contributed by atoms with Crippen LogP contribution >= 0.6 is 0 Å². The molecular formula is C24H25N5. The van der Waals surface area contributed by atoms with Gasteiger partial charge in [0.2, 0.25) is 5.78 Å². The van der Waals surface area contributed by atoms with Gasteiger partial charge in [-0.3, -0.25) is 14.2 Å². The van der Waals surface area contributed by atoms with Crippen LogP contribution in [0.1, 0.15) is 22.9 Å². The molecule has 2 aromatic heterocycles. The van der Waals surface area contributed by atoms with Crippen LogP contribution in [0, 0.1) is 0 Å². The van der Waals surface area contributed by atoms with Crippen molar-refractivity contribution in [1.82, 2.24) is 24.2 Å². The molecule has 4 aromatic rings. The van der Waals surface area contributed by atoms with Crippen LogP contribution in [-0.2, 0) is 6.54 Å². The predicted molar refractivity (Wildman–Crippen MR) is 115 cm³/mol. The first kappa shape index (κ1) is 18.0. The first-order valence-electron chi connectivity index (χ1n) is 10.2. The summed E-state index contributed by atoms with van der Waals surface area (Å²) in [5.41, 5.74) is 3.80. The van der Waals surface area contributed by atoms with Crippen molar-refractivity contribution in [2.45, 2.75) is 12.6 Å². The van der Waals surface area contributed by atoms with Crippen LogP contribution in [0.25, 0.3) is 5.78 Å². The van der Waals surface area contributed by atoms with Crippen LogP contribution in [0.15, 0.2) is 85.3 Å². The van der Waals surface area contributed by atoms with Crippen molar-refractivity contribution in [3.63, 3.8) is 0 Å². The van der Waals surface area contributed by atoms with Crippen LogP contribution in [0.4, 0.5) is 0 Å². The minimum absolute atomic E-state index is 0.305. The molecule has 3 heterocycles. The van der Waals surface area contributed by atoms with Gasteiger partial charge >= 0.3 is 0 Å². The maximum Gasteiger partial charge on any atom is 0.233 e. The van der Waals surface area contributed by atoms with Crippen molar-refractivity contribution in [3.05, 3.63) is 102 Å². The van der Waals surface area contributed by atoms with Gasteiger partial charge in [0.05, 0.1) is 11.7 Å². The average molecular weight is 383 g/mol. The Labute approximate surface area is 171 Å². The topological polar surface area (TPSA) is 36.7 Å². The Morgan fingerprint density at radius 1 is 0.793 bits per heavy atom. The molecule has 0 amide bonds. The number of hydrogen-bond donors (Lipinski definition) is 0. The summed E-state index contributed by atoms with van der Waals surface area (Å²) in [7, 11) is 0. The summed E-state index contributed by atoms with van der Waals surface area (Å²) < 4.78 is 1.99. The van der Waals surface area contributed by atoms with E-state index in [1.54, 1.807) is 6.20 Å². The first-order valence-corrected chi connectivity index (χ1v) is 10.2. The maximum atomic E-state index is 4.65. The van der Waals surface area contributed by atoms with E-state index < -0.39 is 0 Å². The fourth-order valence-corrected chi connectivity index (χ4v) is 4.25. The summed E-state index contributed by atoms with van der Waals surface area (Å²) in [6, 6.07) is 23.9. The molecule has 1 saturated heterocycles. The fraction of sp³-hybridized carbons (Fsp3) is 0.250. The van der Waals surface area contributed by atoms with Crippen LogP contribution in [0.2, 0.25) is 0 Å². The molecule has 5 heteroatoms. The Bertz CT molecular complexity index is 980. The largest absolute Gasteiger partial charge is 0.295 e. The van der Waals surface area contributed by atoms with Crippen molar-refractivity contribution in [2.75, 3.05) is 26.2 Å². The quantitative estimate of drug-likeness (QED) is 0.527. The van der Waals surface area contributed by atoms with Gasteiger partial charge in [-0.1, -0.05) is 60.7 Å². The number of nitrogens with zero attached hydrogens (tertiary/aromatic N) is 5. The summed E-state index contributed by atoms with van der Waals surface area (Å²) in [4.78, 5) is 14.1. The molecule has 29 heavy (non-hydrogen) atoms. The standard InChI is InChI=1S/C24H25N5/c1-3-8-20(9-4-1)23(21-10-5-2-6-11-21)28-16-14-27(15-17-28)18-22-19-29-13-7-12-25-24(29)26-22/h1-13,19,23H,14-18H2. The minimum Gasteiger partial charge on any atom is -0.295 e. The summed E-state index contributed by atoms with van der Waals surface area (Å²) >= 11 is 0. The lowest BCUT2D eigenvalue weighted by atomic mass is 9.96. The second-order valence-corrected chi connectivity index (χ2v) is 7.60. The summed E-state index contributed by atoms with van der Waals surface area (Å²) in [6.45, 7) is 5.04. The second-order valence-electron chi connectivity index (χ2n) is 7.60. The van der Waals surface area contributed by atoms with Crippen LogP contribution in [-0.4, -0.2) is 50.3 Å². The molecule has 0 N–H and O–H groups in total. The van der Waals surface area contributed by atoms with E-state index in [1.807, 2.05) is 16.7 Å². The number of aromatic nitrogens is 3. The molecule has 5 nitrogen and oxygen atoms in total. The highest BCUT2D eigenvalue weighted by atomic mass is 15.3. The number of rotatable bonds is 5. The molecular weight excluding hydrogens is 358 g/mol. The number of piperazine rings is 1.